The molecule has 4 nitrogen and oxygen atoms in total. The average molecular weight is 286 g/mol. The Balaban J connectivity index is 2.17. The number of anilines is 2. The van der Waals surface area contributed by atoms with Gasteiger partial charge in [0.05, 0.1) is 7.11 Å². The maximum absolute atomic E-state index is 9.65. The Morgan fingerprint density at radius 2 is 1.90 bits per heavy atom. The van der Waals surface area contributed by atoms with E-state index in [9.17, 15) is 5.11 Å². The van der Waals surface area contributed by atoms with E-state index >= 15 is 0 Å². The van der Waals surface area contributed by atoms with Crippen molar-refractivity contribution in [1.82, 2.24) is 0 Å². The third kappa shape index (κ3) is 3.60. The van der Waals surface area contributed by atoms with E-state index < -0.39 is 0 Å². The van der Waals surface area contributed by atoms with Crippen molar-refractivity contribution in [3.63, 3.8) is 0 Å². The number of ether oxygens (including phenoxy) is 1. The molecule has 21 heavy (non-hydrogen) atoms. The molecule has 1 unspecified atom stereocenters. The monoisotopic (exact) mass is 286 g/mol. The zero-order valence-corrected chi connectivity index (χ0v) is 12.9. The van der Waals surface area contributed by atoms with Gasteiger partial charge in [-0.2, -0.15) is 0 Å². The standard InChI is InChI=1S/C17H22N2O2/c1-12(13-8-9-16(20)17(10-13)21-4)18-14-6-5-7-15(11-14)19(2)3/h5-12,18,20H,1-4H3. The lowest BCUT2D eigenvalue weighted by Gasteiger charge is -2.19. The van der Waals surface area contributed by atoms with E-state index in [0.29, 0.717) is 5.75 Å². The van der Waals surface area contributed by atoms with Gasteiger partial charge in [-0.05, 0) is 42.8 Å². The van der Waals surface area contributed by atoms with Gasteiger partial charge >= 0.3 is 0 Å². The van der Waals surface area contributed by atoms with Gasteiger partial charge in [0.1, 0.15) is 0 Å². The molecule has 2 N–H and O–H groups in total. The first-order valence-corrected chi connectivity index (χ1v) is 6.92. The molecule has 0 bridgehead atoms. The molecule has 0 amide bonds. The van der Waals surface area contributed by atoms with Gasteiger partial charge in [-0.3, -0.25) is 0 Å². The maximum Gasteiger partial charge on any atom is 0.160 e. The predicted molar refractivity (Wildman–Crippen MR) is 87.5 cm³/mol. The zero-order valence-electron chi connectivity index (χ0n) is 12.9. The Labute approximate surface area is 126 Å². The molecule has 0 fully saturated rings. The van der Waals surface area contributed by atoms with Gasteiger partial charge < -0.3 is 20.1 Å². The summed E-state index contributed by atoms with van der Waals surface area (Å²) in [6.07, 6.45) is 0. The highest BCUT2D eigenvalue weighted by atomic mass is 16.5. The molecule has 4 heteroatoms. The lowest BCUT2D eigenvalue weighted by atomic mass is 10.1. The number of hydrogen-bond acceptors (Lipinski definition) is 4. The van der Waals surface area contributed by atoms with Crippen molar-refractivity contribution in [3.8, 4) is 11.5 Å². The molecular weight excluding hydrogens is 264 g/mol. The Bertz CT molecular complexity index is 611. The van der Waals surface area contributed by atoms with Gasteiger partial charge in [0.2, 0.25) is 0 Å². The van der Waals surface area contributed by atoms with Gasteiger partial charge in [0.15, 0.2) is 11.5 Å². The summed E-state index contributed by atoms with van der Waals surface area (Å²) < 4.78 is 5.15. The van der Waals surface area contributed by atoms with E-state index in [1.165, 1.54) is 0 Å². The number of nitrogens with zero attached hydrogens (tertiary/aromatic N) is 1. The molecule has 2 rings (SSSR count). The summed E-state index contributed by atoms with van der Waals surface area (Å²) in [5.41, 5.74) is 3.26. The molecule has 0 aromatic heterocycles. The largest absolute Gasteiger partial charge is 0.504 e. The van der Waals surface area contributed by atoms with Crippen LogP contribution in [0.3, 0.4) is 0 Å². The Morgan fingerprint density at radius 3 is 2.57 bits per heavy atom. The minimum atomic E-state index is 0.108. The summed E-state index contributed by atoms with van der Waals surface area (Å²) in [7, 11) is 5.60. The molecule has 2 aromatic carbocycles. The third-order valence-corrected chi connectivity index (χ3v) is 3.45. The van der Waals surface area contributed by atoms with Crippen LogP contribution in [0.25, 0.3) is 0 Å². The van der Waals surface area contributed by atoms with E-state index in [0.717, 1.165) is 16.9 Å². The topological polar surface area (TPSA) is 44.7 Å². The highest BCUT2D eigenvalue weighted by Crippen LogP contribution is 2.30. The molecule has 0 aliphatic carbocycles. The molecule has 0 aliphatic heterocycles. The van der Waals surface area contributed by atoms with Gasteiger partial charge in [0, 0.05) is 31.5 Å². The van der Waals surface area contributed by atoms with Crippen molar-refractivity contribution in [2.45, 2.75) is 13.0 Å². The van der Waals surface area contributed by atoms with Crippen molar-refractivity contribution < 1.29 is 9.84 Å². The summed E-state index contributed by atoms with van der Waals surface area (Å²) in [6, 6.07) is 13.8. The van der Waals surface area contributed by atoms with Gasteiger partial charge in [-0.15, -0.1) is 0 Å². The Kier molecular flexibility index (Phi) is 4.58. The van der Waals surface area contributed by atoms with Gasteiger partial charge in [-0.1, -0.05) is 12.1 Å². The molecule has 0 radical (unpaired) electrons. The summed E-state index contributed by atoms with van der Waals surface area (Å²) in [4.78, 5) is 2.07. The minimum Gasteiger partial charge on any atom is -0.504 e. The molecule has 0 heterocycles. The van der Waals surface area contributed by atoms with E-state index in [-0.39, 0.29) is 11.8 Å². The van der Waals surface area contributed by atoms with E-state index in [1.807, 2.05) is 38.4 Å². The van der Waals surface area contributed by atoms with Crippen molar-refractivity contribution in [1.29, 1.82) is 0 Å². The summed E-state index contributed by atoms with van der Waals surface area (Å²) in [5, 5.41) is 13.1. The average Bonchev–Trinajstić information content (AvgIpc) is 2.47. The van der Waals surface area contributed by atoms with E-state index in [2.05, 4.69) is 29.3 Å². The number of nitrogens with one attached hydrogen (secondary N) is 1. The first kappa shape index (κ1) is 15.0. The third-order valence-electron chi connectivity index (χ3n) is 3.45. The van der Waals surface area contributed by atoms with Gasteiger partial charge in [-0.25, -0.2) is 0 Å². The number of hydrogen-bond donors (Lipinski definition) is 2. The highest BCUT2D eigenvalue weighted by Gasteiger charge is 2.09. The fourth-order valence-electron chi connectivity index (χ4n) is 2.17. The van der Waals surface area contributed by atoms with Gasteiger partial charge in [0.25, 0.3) is 0 Å². The van der Waals surface area contributed by atoms with Crippen molar-refractivity contribution in [2.75, 3.05) is 31.4 Å². The molecule has 1 atom stereocenters. The van der Waals surface area contributed by atoms with Crippen molar-refractivity contribution in [3.05, 3.63) is 48.0 Å². The second-order valence-electron chi connectivity index (χ2n) is 5.24. The summed E-state index contributed by atoms with van der Waals surface area (Å²) >= 11 is 0. The van der Waals surface area contributed by atoms with Crippen LogP contribution in [-0.4, -0.2) is 26.3 Å². The number of phenolic OH excluding ortho intramolecular Hbond substituents is 1. The van der Waals surface area contributed by atoms with Crippen LogP contribution in [0, 0.1) is 0 Å². The first-order valence-electron chi connectivity index (χ1n) is 6.92. The molecule has 2 aromatic rings. The minimum absolute atomic E-state index is 0.108. The lowest BCUT2D eigenvalue weighted by Crippen LogP contribution is -2.10. The molecule has 0 saturated heterocycles. The Morgan fingerprint density at radius 1 is 1.14 bits per heavy atom. The number of rotatable bonds is 5. The van der Waals surface area contributed by atoms with Crippen LogP contribution in [0.1, 0.15) is 18.5 Å². The lowest BCUT2D eigenvalue weighted by molar-refractivity contribution is 0.373. The van der Waals surface area contributed by atoms with E-state index in [1.54, 1.807) is 13.2 Å². The van der Waals surface area contributed by atoms with Crippen LogP contribution in [0.5, 0.6) is 11.5 Å². The fourth-order valence-corrected chi connectivity index (χ4v) is 2.17. The number of methoxy groups -OCH3 is 1. The normalized spacial score (nSPS) is 11.8. The highest BCUT2D eigenvalue weighted by molar-refractivity contribution is 5.58. The van der Waals surface area contributed by atoms with Crippen LogP contribution in [0.2, 0.25) is 0 Å². The van der Waals surface area contributed by atoms with Crippen LogP contribution in [0.15, 0.2) is 42.5 Å². The van der Waals surface area contributed by atoms with Crippen LogP contribution in [-0.2, 0) is 0 Å². The van der Waals surface area contributed by atoms with Crippen molar-refractivity contribution in [2.24, 2.45) is 0 Å². The summed E-state index contributed by atoms with van der Waals surface area (Å²) in [6.45, 7) is 2.08. The van der Waals surface area contributed by atoms with E-state index in [4.69, 9.17) is 4.74 Å². The quantitative estimate of drug-likeness (QED) is 0.881. The maximum atomic E-state index is 9.65. The van der Waals surface area contributed by atoms with Crippen LogP contribution in [0.4, 0.5) is 11.4 Å². The molecule has 112 valence electrons. The second kappa shape index (κ2) is 6.39. The SMILES string of the molecule is COc1cc(C(C)Nc2cccc(N(C)C)c2)ccc1O. The molecule has 0 aliphatic rings. The molecular formula is C17H22N2O2. The van der Waals surface area contributed by atoms with Crippen LogP contribution < -0.4 is 15.0 Å². The van der Waals surface area contributed by atoms with Crippen molar-refractivity contribution >= 4 is 11.4 Å². The van der Waals surface area contributed by atoms with Crippen LogP contribution >= 0.6 is 0 Å². The second-order valence-corrected chi connectivity index (χ2v) is 5.24. The number of phenols is 1. The fraction of sp³-hybridized carbons (Fsp3) is 0.294. The first-order chi connectivity index (χ1) is 10.0. The smallest absolute Gasteiger partial charge is 0.160 e. The zero-order chi connectivity index (χ0) is 15.4. The Hall–Kier alpha value is -2.36. The summed E-state index contributed by atoms with van der Waals surface area (Å²) in [5.74, 6) is 0.645. The number of aromatic hydroxyl groups is 1. The molecule has 0 spiro atoms. The number of benzene rings is 2. The predicted octanol–water partition coefficient (Wildman–Crippen LogP) is 3.64. The molecule has 0 saturated carbocycles.